The molecular weight excluding hydrogens is 430 g/mol. The lowest BCUT2D eigenvalue weighted by Crippen LogP contribution is -2.44. The van der Waals surface area contributed by atoms with Crippen molar-refractivity contribution in [2.24, 2.45) is 5.92 Å². The van der Waals surface area contributed by atoms with E-state index < -0.39 is 14.9 Å². The van der Waals surface area contributed by atoms with Gasteiger partial charge in [0.1, 0.15) is 0 Å². The molecule has 0 aromatic heterocycles. The first kappa shape index (κ1) is 22.4. The number of piperidine rings is 1. The van der Waals surface area contributed by atoms with E-state index in [1.807, 2.05) is 12.1 Å². The molecule has 0 spiro atoms. The largest absolute Gasteiger partial charge is 0.349 e. The standard InChI is InChI=1S/C23H27N3O5S/c1-16-9-10-19(26(28)29)15-22(16)32(30,31)25-13-11-18(12-14-25)23(27)24-21-8-4-6-17-5-2-3-7-20(17)21/h2-3,5,7,9-10,15,18,21H,4,6,8,11-14H2,1H3,(H,24,27). The van der Waals surface area contributed by atoms with Gasteiger partial charge in [0.25, 0.3) is 5.69 Å². The van der Waals surface area contributed by atoms with Gasteiger partial charge in [-0.2, -0.15) is 4.31 Å². The molecule has 1 aliphatic carbocycles. The summed E-state index contributed by atoms with van der Waals surface area (Å²) >= 11 is 0. The van der Waals surface area contributed by atoms with Crippen molar-refractivity contribution in [3.05, 3.63) is 69.3 Å². The van der Waals surface area contributed by atoms with Crippen LogP contribution in [0.25, 0.3) is 0 Å². The fraction of sp³-hybridized carbons (Fsp3) is 0.435. The summed E-state index contributed by atoms with van der Waals surface area (Å²) in [7, 11) is -3.87. The number of nitrogens with zero attached hydrogens (tertiary/aromatic N) is 2. The summed E-state index contributed by atoms with van der Waals surface area (Å²) in [5, 5.41) is 14.3. The topological polar surface area (TPSA) is 110 Å². The molecule has 0 saturated carbocycles. The number of benzene rings is 2. The molecule has 1 atom stereocenters. The second-order valence-electron chi connectivity index (χ2n) is 8.54. The van der Waals surface area contributed by atoms with E-state index in [0.29, 0.717) is 18.4 Å². The monoisotopic (exact) mass is 457 g/mol. The van der Waals surface area contributed by atoms with Crippen molar-refractivity contribution in [3.8, 4) is 0 Å². The molecule has 1 amide bonds. The van der Waals surface area contributed by atoms with Crippen LogP contribution in [0.4, 0.5) is 5.69 Å². The van der Waals surface area contributed by atoms with Crippen molar-refractivity contribution in [1.82, 2.24) is 9.62 Å². The van der Waals surface area contributed by atoms with Gasteiger partial charge in [-0.3, -0.25) is 14.9 Å². The molecule has 1 N–H and O–H groups in total. The van der Waals surface area contributed by atoms with Gasteiger partial charge < -0.3 is 5.32 Å². The van der Waals surface area contributed by atoms with Crippen LogP contribution in [0.3, 0.4) is 0 Å². The minimum Gasteiger partial charge on any atom is -0.349 e. The molecule has 0 radical (unpaired) electrons. The number of nitrogens with one attached hydrogen (secondary N) is 1. The van der Waals surface area contributed by atoms with Crippen LogP contribution in [0, 0.1) is 23.0 Å². The van der Waals surface area contributed by atoms with E-state index in [1.165, 1.54) is 27.6 Å². The number of hydrogen-bond donors (Lipinski definition) is 1. The van der Waals surface area contributed by atoms with Gasteiger partial charge in [-0.15, -0.1) is 0 Å². The maximum atomic E-state index is 13.1. The van der Waals surface area contributed by atoms with E-state index in [4.69, 9.17) is 0 Å². The normalized spacial score (nSPS) is 19.8. The zero-order valence-corrected chi connectivity index (χ0v) is 18.8. The average molecular weight is 458 g/mol. The van der Waals surface area contributed by atoms with Crippen molar-refractivity contribution in [3.63, 3.8) is 0 Å². The summed E-state index contributed by atoms with van der Waals surface area (Å²) in [6.45, 7) is 2.05. The second-order valence-corrected chi connectivity index (χ2v) is 10.4. The first-order valence-electron chi connectivity index (χ1n) is 10.9. The number of amides is 1. The van der Waals surface area contributed by atoms with Crippen LogP contribution in [-0.4, -0.2) is 36.6 Å². The molecule has 2 aromatic rings. The number of carbonyl (C=O) groups excluding carboxylic acids is 1. The number of sulfonamides is 1. The minimum atomic E-state index is -3.87. The van der Waals surface area contributed by atoms with Crippen LogP contribution in [-0.2, 0) is 21.2 Å². The molecule has 0 bridgehead atoms. The molecule has 9 heteroatoms. The molecule has 2 aromatic carbocycles. The maximum absolute atomic E-state index is 13.1. The Morgan fingerprint density at radius 3 is 2.56 bits per heavy atom. The molecular formula is C23H27N3O5S. The van der Waals surface area contributed by atoms with Gasteiger partial charge in [-0.25, -0.2) is 8.42 Å². The number of rotatable bonds is 5. The number of carbonyl (C=O) groups is 1. The SMILES string of the molecule is Cc1ccc([N+](=O)[O-])cc1S(=O)(=O)N1CCC(C(=O)NC2CCCc3ccccc32)CC1. The zero-order chi connectivity index (χ0) is 22.9. The first-order valence-corrected chi connectivity index (χ1v) is 12.3. The lowest BCUT2D eigenvalue weighted by atomic mass is 9.87. The second kappa shape index (κ2) is 8.99. The summed E-state index contributed by atoms with van der Waals surface area (Å²) in [5.74, 6) is -0.281. The van der Waals surface area contributed by atoms with Crippen LogP contribution < -0.4 is 5.32 Å². The Kier molecular flexibility index (Phi) is 6.30. The van der Waals surface area contributed by atoms with Crippen LogP contribution in [0.15, 0.2) is 47.4 Å². The quantitative estimate of drug-likeness (QED) is 0.546. The Bertz CT molecular complexity index is 1140. The summed E-state index contributed by atoms with van der Waals surface area (Å²) in [5.41, 5.74) is 2.66. The van der Waals surface area contributed by atoms with E-state index in [-0.39, 0.29) is 41.5 Å². The lowest BCUT2D eigenvalue weighted by Gasteiger charge is -2.33. The predicted molar refractivity (Wildman–Crippen MR) is 120 cm³/mol. The van der Waals surface area contributed by atoms with Gasteiger partial charge in [-0.1, -0.05) is 30.3 Å². The molecule has 1 saturated heterocycles. The number of fused-ring (bicyclic) bond motifs is 1. The molecule has 2 aliphatic rings. The molecule has 32 heavy (non-hydrogen) atoms. The van der Waals surface area contributed by atoms with Crippen molar-refractivity contribution in [2.75, 3.05) is 13.1 Å². The van der Waals surface area contributed by atoms with E-state index in [0.717, 1.165) is 25.3 Å². The molecule has 170 valence electrons. The molecule has 8 nitrogen and oxygen atoms in total. The van der Waals surface area contributed by atoms with E-state index in [9.17, 15) is 23.3 Å². The molecule has 1 unspecified atom stereocenters. The van der Waals surface area contributed by atoms with Crippen molar-refractivity contribution in [1.29, 1.82) is 0 Å². The zero-order valence-electron chi connectivity index (χ0n) is 18.0. The first-order chi connectivity index (χ1) is 15.3. The van der Waals surface area contributed by atoms with Crippen LogP contribution >= 0.6 is 0 Å². The fourth-order valence-electron chi connectivity index (χ4n) is 4.67. The predicted octanol–water partition coefficient (Wildman–Crippen LogP) is 3.50. The van der Waals surface area contributed by atoms with Crippen molar-refractivity contribution in [2.45, 2.75) is 50.0 Å². The third kappa shape index (κ3) is 4.40. The van der Waals surface area contributed by atoms with Crippen molar-refractivity contribution >= 4 is 21.6 Å². The molecule has 4 rings (SSSR count). The summed E-state index contributed by atoms with van der Waals surface area (Å²) < 4.78 is 27.6. The molecule has 1 heterocycles. The number of nitro benzene ring substituents is 1. The highest BCUT2D eigenvalue weighted by molar-refractivity contribution is 7.89. The highest BCUT2D eigenvalue weighted by atomic mass is 32.2. The van der Waals surface area contributed by atoms with Gasteiger partial charge in [0.15, 0.2) is 0 Å². The minimum absolute atomic E-state index is 0.00160. The highest BCUT2D eigenvalue weighted by Gasteiger charge is 2.34. The Balaban J connectivity index is 1.42. The maximum Gasteiger partial charge on any atom is 0.270 e. The van der Waals surface area contributed by atoms with Gasteiger partial charge >= 0.3 is 0 Å². The van der Waals surface area contributed by atoms with E-state index in [2.05, 4.69) is 17.4 Å². The van der Waals surface area contributed by atoms with Gasteiger partial charge in [0.05, 0.1) is 15.9 Å². The van der Waals surface area contributed by atoms with Gasteiger partial charge in [0.2, 0.25) is 15.9 Å². The van der Waals surface area contributed by atoms with Gasteiger partial charge in [-0.05, 0) is 55.7 Å². The smallest absolute Gasteiger partial charge is 0.270 e. The fourth-order valence-corrected chi connectivity index (χ4v) is 6.39. The number of aryl methyl sites for hydroxylation is 2. The summed E-state index contributed by atoms with van der Waals surface area (Å²) in [6.07, 6.45) is 3.81. The van der Waals surface area contributed by atoms with E-state index >= 15 is 0 Å². The highest BCUT2D eigenvalue weighted by Crippen LogP contribution is 2.31. The average Bonchev–Trinajstić information content (AvgIpc) is 2.79. The van der Waals surface area contributed by atoms with Crippen LogP contribution in [0.1, 0.15) is 48.4 Å². The number of non-ortho nitro benzene ring substituents is 1. The number of nitro groups is 1. The Labute approximate surface area is 187 Å². The Morgan fingerprint density at radius 2 is 1.84 bits per heavy atom. The Morgan fingerprint density at radius 1 is 1.12 bits per heavy atom. The molecule has 1 fully saturated rings. The van der Waals surface area contributed by atoms with Gasteiger partial charge in [0, 0.05) is 31.1 Å². The summed E-state index contributed by atoms with van der Waals surface area (Å²) in [4.78, 5) is 23.4. The van der Waals surface area contributed by atoms with E-state index in [1.54, 1.807) is 6.92 Å². The lowest BCUT2D eigenvalue weighted by molar-refractivity contribution is -0.385. The third-order valence-electron chi connectivity index (χ3n) is 6.51. The summed E-state index contributed by atoms with van der Waals surface area (Å²) in [6, 6.07) is 12.0. The molecule has 1 aliphatic heterocycles. The van der Waals surface area contributed by atoms with Crippen LogP contribution in [0.5, 0.6) is 0 Å². The van der Waals surface area contributed by atoms with Crippen molar-refractivity contribution < 1.29 is 18.1 Å². The third-order valence-corrected chi connectivity index (χ3v) is 8.55. The number of hydrogen-bond acceptors (Lipinski definition) is 5. The van der Waals surface area contributed by atoms with Crippen LogP contribution in [0.2, 0.25) is 0 Å². The Hall–Kier alpha value is -2.78.